The lowest BCUT2D eigenvalue weighted by Crippen LogP contribution is -2.28. The summed E-state index contributed by atoms with van der Waals surface area (Å²) in [5.41, 5.74) is 0.0849. The van der Waals surface area contributed by atoms with Gasteiger partial charge in [0.2, 0.25) is 5.56 Å². The van der Waals surface area contributed by atoms with Crippen molar-refractivity contribution in [2.24, 2.45) is 7.05 Å². The van der Waals surface area contributed by atoms with Crippen LogP contribution in [0, 0.1) is 0 Å². The fourth-order valence-electron chi connectivity index (χ4n) is 1.63. The number of amides is 1. The number of aryl methyl sites for hydroxylation is 1. The first kappa shape index (κ1) is 12.1. The first-order valence-corrected chi connectivity index (χ1v) is 5.48. The molecule has 0 saturated heterocycles. The van der Waals surface area contributed by atoms with Crippen LogP contribution in [-0.2, 0) is 13.6 Å². The van der Waals surface area contributed by atoms with Gasteiger partial charge in [0.05, 0.1) is 6.54 Å². The van der Waals surface area contributed by atoms with Gasteiger partial charge in [0, 0.05) is 44.3 Å². The predicted octanol–water partition coefficient (Wildman–Crippen LogP) is 0.381. The molecule has 94 valence electrons. The second-order valence-corrected chi connectivity index (χ2v) is 4.06. The maximum atomic E-state index is 12.1. The lowest BCUT2D eigenvalue weighted by Gasteiger charge is -2.16. The number of rotatable bonds is 3. The van der Waals surface area contributed by atoms with Crippen LogP contribution < -0.4 is 5.56 Å². The Hall–Kier alpha value is -2.37. The van der Waals surface area contributed by atoms with Crippen molar-refractivity contribution in [3.63, 3.8) is 0 Å². The maximum absolute atomic E-state index is 12.1. The summed E-state index contributed by atoms with van der Waals surface area (Å²) < 4.78 is 1.85. The van der Waals surface area contributed by atoms with Gasteiger partial charge in [-0.2, -0.15) is 0 Å². The molecule has 2 rings (SSSR count). The molecule has 2 aromatic heterocycles. The largest absolute Gasteiger partial charge is 0.337 e. The summed E-state index contributed by atoms with van der Waals surface area (Å²) in [6.07, 6.45) is 4.96. The fourth-order valence-corrected chi connectivity index (χ4v) is 1.63. The van der Waals surface area contributed by atoms with Gasteiger partial charge in [0.1, 0.15) is 5.82 Å². The lowest BCUT2D eigenvalue weighted by molar-refractivity contribution is 0.0780. The van der Waals surface area contributed by atoms with Gasteiger partial charge >= 0.3 is 0 Å². The van der Waals surface area contributed by atoms with Crippen LogP contribution in [0.1, 0.15) is 16.2 Å². The van der Waals surface area contributed by atoms with Crippen LogP contribution in [0.5, 0.6) is 0 Å². The number of aromatic amines is 1. The number of aromatic nitrogens is 3. The summed E-state index contributed by atoms with van der Waals surface area (Å²) in [5.74, 6) is 0.583. The smallest absolute Gasteiger partial charge is 0.254 e. The molecule has 2 heterocycles. The molecule has 0 aliphatic rings. The molecule has 0 unspecified atom stereocenters. The third-order valence-electron chi connectivity index (χ3n) is 2.67. The molecule has 1 amide bonds. The van der Waals surface area contributed by atoms with Gasteiger partial charge in [-0.3, -0.25) is 9.59 Å². The van der Waals surface area contributed by atoms with Gasteiger partial charge < -0.3 is 14.5 Å². The second-order valence-electron chi connectivity index (χ2n) is 4.06. The molecule has 0 spiro atoms. The Morgan fingerprint density at radius 3 is 2.94 bits per heavy atom. The summed E-state index contributed by atoms with van der Waals surface area (Å²) in [4.78, 5) is 31.4. The molecular formula is C12H14N4O2. The van der Waals surface area contributed by atoms with E-state index in [2.05, 4.69) is 9.97 Å². The van der Waals surface area contributed by atoms with Crippen LogP contribution >= 0.6 is 0 Å². The lowest BCUT2D eigenvalue weighted by atomic mass is 10.2. The highest BCUT2D eigenvalue weighted by Gasteiger charge is 2.13. The molecular weight excluding hydrogens is 232 g/mol. The number of imidazole rings is 1. The summed E-state index contributed by atoms with van der Waals surface area (Å²) >= 11 is 0. The van der Waals surface area contributed by atoms with Crippen molar-refractivity contribution in [3.8, 4) is 0 Å². The van der Waals surface area contributed by atoms with Crippen LogP contribution in [0.25, 0.3) is 0 Å². The first-order valence-electron chi connectivity index (χ1n) is 5.48. The van der Waals surface area contributed by atoms with Gasteiger partial charge in [-0.25, -0.2) is 4.98 Å². The number of H-pyrrole nitrogens is 1. The fraction of sp³-hybridized carbons (Fsp3) is 0.250. The third kappa shape index (κ3) is 2.48. The van der Waals surface area contributed by atoms with Crippen LogP contribution in [-0.4, -0.2) is 32.4 Å². The zero-order valence-electron chi connectivity index (χ0n) is 10.3. The molecule has 0 saturated carbocycles. The van der Waals surface area contributed by atoms with Crippen molar-refractivity contribution in [3.05, 3.63) is 52.5 Å². The third-order valence-corrected chi connectivity index (χ3v) is 2.67. The quantitative estimate of drug-likeness (QED) is 0.851. The van der Waals surface area contributed by atoms with Gasteiger partial charge in [0.15, 0.2) is 0 Å². The predicted molar refractivity (Wildman–Crippen MR) is 66.1 cm³/mol. The number of nitrogens with zero attached hydrogens (tertiary/aromatic N) is 3. The highest BCUT2D eigenvalue weighted by molar-refractivity contribution is 5.93. The molecule has 1 N–H and O–H groups in total. The van der Waals surface area contributed by atoms with Crippen molar-refractivity contribution in [1.82, 2.24) is 19.4 Å². The monoisotopic (exact) mass is 246 g/mol. The van der Waals surface area contributed by atoms with Crippen LogP contribution in [0.3, 0.4) is 0 Å². The Kier molecular flexibility index (Phi) is 3.27. The summed E-state index contributed by atoms with van der Waals surface area (Å²) in [6, 6.07) is 2.87. The van der Waals surface area contributed by atoms with Crippen LogP contribution in [0.4, 0.5) is 0 Å². The van der Waals surface area contributed by atoms with Crippen molar-refractivity contribution in [1.29, 1.82) is 0 Å². The Morgan fingerprint density at radius 1 is 1.56 bits per heavy atom. The van der Waals surface area contributed by atoms with E-state index in [1.807, 2.05) is 17.8 Å². The summed E-state index contributed by atoms with van der Waals surface area (Å²) in [5, 5.41) is 0. The minimum atomic E-state index is -0.286. The average Bonchev–Trinajstić information content (AvgIpc) is 2.74. The van der Waals surface area contributed by atoms with E-state index in [0.717, 1.165) is 5.82 Å². The van der Waals surface area contributed by atoms with Gasteiger partial charge in [0.25, 0.3) is 5.91 Å². The van der Waals surface area contributed by atoms with E-state index in [-0.39, 0.29) is 11.5 Å². The number of carbonyl (C=O) groups is 1. The number of hydrogen-bond donors (Lipinski definition) is 1. The number of pyridine rings is 1. The van der Waals surface area contributed by atoms with Crippen LogP contribution in [0.2, 0.25) is 0 Å². The molecule has 18 heavy (non-hydrogen) atoms. The van der Waals surface area contributed by atoms with Gasteiger partial charge in [-0.05, 0) is 6.07 Å². The van der Waals surface area contributed by atoms with Crippen molar-refractivity contribution in [2.75, 3.05) is 7.05 Å². The minimum absolute atomic E-state index is 0.205. The molecule has 0 aliphatic carbocycles. The van der Waals surface area contributed by atoms with E-state index in [4.69, 9.17) is 0 Å². The number of carbonyl (C=O) groups excluding carboxylic acids is 1. The van der Waals surface area contributed by atoms with Crippen LogP contribution in [0.15, 0.2) is 35.5 Å². The molecule has 0 fully saturated rings. The van der Waals surface area contributed by atoms with Gasteiger partial charge in [-0.15, -0.1) is 0 Å². The normalized spacial score (nSPS) is 10.3. The average molecular weight is 246 g/mol. The topological polar surface area (TPSA) is 71.0 Å². The van der Waals surface area contributed by atoms with Crippen molar-refractivity contribution >= 4 is 5.91 Å². The highest BCUT2D eigenvalue weighted by atomic mass is 16.2. The summed E-state index contributed by atoms with van der Waals surface area (Å²) in [7, 11) is 3.55. The molecule has 0 aromatic carbocycles. The van der Waals surface area contributed by atoms with E-state index >= 15 is 0 Å². The Morgan fingerprint density at radius 2 is 2.33 bits per heavy atom. The van der Waals surface area contributed by atoms with Crippen molar-refractivity contribution < 1.29 is 4.79 Å². The first-order chi connectivity index (χ1) is 8.58. The number of nitrogens with one attached hydrogen (secondary N) is 1. The molecule has 0 radical (unpaired) electrons. The molecule has 0 atom stereocenters. The van der Waals surface area contributed by atoms with E-state index in [1.165, 1.54) is 17.2 Å². The highest BCUT2D eigenvalue weighted by Crippen LogP contribution is 2.04. The maximum Gasteiger partial charge on any atom is 0.254 e. The Bertz CT molecular complexity index is 614. The molecule has 6 heteroatoms. The minimum Gasteiger partial charge on any atom is -0.337 e. The molecule has 2 aromatic rings. The van der Waals surface area contributed by atoms with E-state index in [1.54, 1.807) is 19.3 Å². The summed E-state index contributed by atoms with van der Waals surface area (Å²) in [6.45, 7) is 0.398. The second kappa shape index (κ2) is 4.87. The zero-order valence-corrected chi connectivity index (χ0v) is 10.3. The van der Waals surface area contributed by atoms with E-state index < -0.39 is 0 Å². The Labute approximate surface area is 104 Å². The standard InChI is InChI=1S/C12H14N4O2/c1-15-6-5-13-10(15)8-16(2)12(18)9-3-4-14-11(17)7-9/h3-7H,8H2,1-2H3,(H,14,17). The molecule has 0 bridgehead atoms. The Balaban J connectivity index is 2.14. The van der Waals surface area contributed by atoms with E-state index in [0.29, 0.717) is 12.1 Å². The SMILES string of the molecule is CN(Cc1nccn1C)C(=O)c1cc[nH]c(=O)c1. The van der Waals surface area contributed by atoms with Crippen molar-refractivity contribution in [2.45, 2.75) is 6.54 Å². The molecule has 0 aliphatic heterocycles. The number of hydrogen-bond acceptors (Lipinski definition) is 3. The van der Waals surface area contributed by atoms with E-state index in [9.17, 15) is 9.59 Å². The molecule has 6 nitrogen and oxygen atoms in total. The zero-order chi connectivity index (χ0) is 13.1. The van der Waals surface area contributed by atoms with Gasteiger partial charge in [-0.1, -0.05) is 0 Å².